The van der Waals surface area contributed by atoms with Gasteiger partial charge in [-0.2, -0.15) is 0 Å². The molecule has 3 aromatic rings. The number of carbonyl (C=O) groups excluding carboxylic acids is 1. The average molecular weight is 434 g/mol. The lowest BCUT2D eigenvalue weighted by molar-refractivity contribution is -0.113. The van der Waals surface area contributed by atoms with Crippen molar-refractivity contribution in [1.29, 1.82) is 0 Å². The zero-order valence-corrected chi connectivity index (χ0v) is 18.4. The summed E-state index contributed by atoms with van der Waals surface area (Å²) in [5.74, 6) is 1.29. The molecule has 1 aromatic heterocycles. The molecule has 1 saturated carbocycles. The number of anilines is 2. The number of thioether (sulfide) groups is 1. The number of rotatable bonds is 7. The highest BCUT2D eigenvalue weighted by molar-refractivity contribution is 7.99. The van der Waals surface area contributed by atoms with Crippen molar-refractivity contribution < 1.29 is 4.79 Å². The summed E-state index contributed by atoms with van der Waals surface area (Å²) in [5, 5.41) is 12.8. The minimum Gasteiger partial charge on any atom is -0.341 e. The van der Waals surface area contributed by atoms with Crippen molar-refractivity contribution in [2.45, 2.75) is 43.3 Å². The molecule has 1 N–H and O–H groups in total. The zero-order valence-electron chi connectivity index (χ0n) is 17.5. The molecule has 6 nitrogen and oxygen atoms in total. The van der Waals surface area contributed by atoms with E-state index < -0.39 is 0 Å². The maximum atomic E-state index is 12.5. The molecule has 0 unspecified atom stereocenters. The van der Waals surface area contributed by atoms with E-state index in [1.807, 2.05) is 42.5 Å². The third kappa shape index (κ3) is 4.77. The third-order valence-corrected chi connectivity index (χ3v) is 6.75. The van der Waals surface area contributed by atoms with Gasteiger partial charge in [0.15, 0.2) is 5.16 Å². The van der Waals surface area contributed by atoms with E-state index in [1.54, 1.807) is 0 Å². The van der Waals surface area contributed by atoms with Crippen molar-refractivity contribution in [1.82, 2.24) is 14.8 Å². The van der Waals surface area contributed by atoms with Crippen LogP contribution in [-0.2, 0) is 4.79 Å². The van der Waals surface area contributed by atoms with Crippen LogP contribution in [0.15, 0.2) is 59.8 Å². The molecule has 1 amide bonds. The lowest BCUT2D eigenvalue weighted by Crippen LogP contribution is -2.32. The molecule has 2 aromatic carbocycles. The van der Waals surface area contributed by atoms with Crippen LogP contribution in [-0.4, -0.2) is 39.5 Å². The van der Waals surface area contributed by atoms with Gasteiger partial charge in [-0.1, -0.05) is 54.2 Å². The van der Waals surface area contributed by atoms with E-state index in [-0.39, 0.29) is 5.91 Å². The second kappa shape index (κ2) is 9.14. The van der Waals surface area contributed by atoms with Crippen LogP contribution in [0.25, 0.3) is 11.1 Å². The fourth-order valence-electron chi connectivity index (χ4n) is 4.03. The fourth-order valence-corrected chi connectivity index (χ4v) is 4.83. The molecule has 2 aliphatic rings. The van der Waals surface area contributed by atoms with E-state index in [4.69, 9.17) is 0 Å². The Labute approximate surface area is 187 Å². The van der Waals surface area contributed by atoms with E-state index in [9.17, 15) is 4.79 Å². The Hall–Kier alpha value is -2.80. The second-order valence-corrected chi connectivity index (χ2v) is 9.15. The molecule has 0 spiro atoms. The molecule has 1 aliphatic heterocycles. The van der Waals surface area contributed by atoms with Gasteiger partial charge in [-0.15, -0.1) is 10.2 Å². The van der Waals surface area contributed by atoms with Gasteiger partial charge in [0.2, 0.25) is 11.9 Å². The third-order valence-electron chi connectivity index (χ3n) is 5.81. The lowest BCUT2D eigenvalue weighted by Gasteiger charge is -2.27. The number of nitrogens with zero attached hydrogens (tertiary/aromatic N) is 4. The van der Waals surface area contributed by atoms with E-state index >= 15 is 0 Å². The number of amides is 1. The van der Waals surface area contributed by atoms with Crippen LogP contribution in [0, 0.1) is 0 Å². The van der Waals surface area contributed by atoms with Crippen LogP contribution in [0.1, 0.15) is 38.1 Å². The summed E-state index contributed by atoms with van der Waals surface area (Å²) in [4.78, 5) is 14.9. The minimum atomic E-state index is -0.0256. The molecule has 0 atom stereocenters. The summed E-state index contributed by atoms with van der Waals surface area (Å²) in [6, 6.07) is 18.7. The average Bonchev–Trinajstić information content (AvgIpc) is 3.58. The maximum absolute atomic E-state index is 12.5. The first-order valence-corrected chi connectivity index (χ1v) is 12.0. The topological polar surface area (TPSA) is 63.1 Å². The summed E-state index contributed by atoms with van der Waals surface area (Å²) >= 11 is 1.48. The molecule has 160 valence electrons. The first-order chi connectivity index (χ1) is 15.3. The number of nitrogens with one attached hydrogen (secondary N) is 1. The Kier molecular flexibility index (Phi) is 5.93. The van der Waals surface area contributed by atoms with Gasteiger partial charge in [0.25, 0.3) is 0 Å². The molecule has 31 heavy (non-hydrogen) atoms. The van der Waals surface area contributed by atoms with Crippen LogP contribution in [0.5, 0.6) is 0 Å². The molecular formula is C24H27N5OS. The lowest BCUT2D eigenvalue weighted by atomic mass is 10.1. The Morgan fingerprint density at radius 3 is 2.35 bits per heavy atom. The normalized spacial score (nSPS) is 16.3. The monoisotopic (exact) mass is 433 g/mol. The van der Waals surface area contributed by atoms with Crippen molar-refractivity contribution in [3.63, 3.8) is 0 Å². The molecule has 2 fully saturated rings. The van der Waals surface area contributed by atoms with Gasteiger partial charge in [-0.05, 0) is 55.4 Å². The van der Waals surface area contributed by atoms with Crippen molar-refractivity contribution in [3.8, 4) is 11.1 Å². The highest BCUT2D eigenvalue weighted by Gasteiger charge is 2.32. The van der Waals surface area contributed by atoms with Crippen LogP contribution in [0.2, 0.25) is 0 Å². The van der Waals surface area contributed by atoms with Crippen LogP contribution in [0.3, 0.4) is 0 Å². The molecule has 0 radical (unpaired) electrons. The number of piperidine rings is 1. The smallest absolute Gasteiger partial charge is 0.234 e. The molecular weight excluding hydrogens is 406 g/mol. The summed E-state index contributed by atoms with van der Waals surface area (Å²) in [7, 11) is 0. The van der Waals surface area contributed by atoms with Gasteiger partial charge in [0, 0.05) is 24.8 Å². The van der Waals surface area contributed by atoms with E-state index in [1.165, 1.54) is 49.4 Å². The van der Waals surface area contributed by atoms with Gasteiger partial charge in [-0.25, -0.2) is 0 Å². The molecule has 1 aliphatic carbocycles. The number of hydrogen-bond donors (Lipinski definition) is 1. The largest absolute Gasteiger partial charge is 0.341 e. The Balaban J connectivity index is 1.20. The van der Waals surface area contributed by atoms with Gasteiger partial charge in [0.1, 0.15) is 0 Å². The minimum absolute atomic E-state index is 0.0256. The molecule has 5 rings (SSSR count). The Morgan fingerprint density at radius 1 is 0.935 bits per heavy atom. The quantitative estimate of drug-likeness (QED) is 0.531. The SMILES string of the molecule is O=C(CSc1nnc(N2CCCCC2)n1C1CC1)Nc1ccc(-c2ccccc2)cc1. The molecule has 1 saturated heterocycles. The van der Waals surface area contributed by atoms with Gasteiger partial charge in [0.05, 0.1) is 5.75 Å². The summed E-state index contributed by atoms with van der Waals surface area (Å²) in [5.41, 5.74) is 3.11. The first kappa shape index (κ1) is 20.1. The summed E-state index contributed by atoms with van der Waals surface area (Å²) in [6.45, 7) is 2.10. The van der Waals surface area contributed by atoms with E-state index in [0.29, 0.717) is 11.8 Å². The summed E-state index contributed by atoms with van der Waals surface area (Å²) in [6.07, 6.45) is 6.07. The molecule has 2 heterocycles. The molecule has 0 bridgehead atoms. The van der Waals surface area contributed by atoms with Crippen LogP contribution in [0.4, 0.5) is 11.6 Å². The molecule has 7 heteroatoms. The van der Waals surface area contributed by atoms with E-state index in [2.05, 4.69) is 37.1 Å². The van der Waals surface area contributed by atoms with Crippen molar-refractivity contribution in [2.24, 2.45) is 0 Å². The van der Waals surface area contributed by atoms with Crippen molar-refractivity contribution in [2.75, 3.05) is 29.1 Å². The predicted octanol–water partition coefficient (Wildman–Crippen LogP) is 5.00. The Bertz CT molecular complexity index is 1020. The van der Waals surface area contributed by atoms with Crippen LogP contribution >= 0.6 is 11.8 Å². The zero-order chi connectivity index (χ0) is 21.0. The van der Waals surface area contributed by atoms with Crippen molar-refractivity contribution in [3.05, 3.63) is 54.6 Å². The maximum Gasteiger partial charge on any atom is 0.234 e. The van der Waals surface area contributed by atoms with Gasteiger partial charge < -0.3 is 10.2 Å². The second-order valence-electron chi connectivity index (χ2n) is 8.21. The highest BCUT2D eigenvalue weighted by Crippen LogP contribution is 2.41. The Morgan fingerprint density at radius 2 is 1.65 bits per heavy atom. The van der Waals surface area contributed by atoms with Gasteiger partial charge in [-0.3, -0.25) is 9.36 Å². The summed E-state index contributed by atoms with van der Waals surface area (Å²) < 4.78 is 2.26. The number of carbonyl (C=O) groups is 1. The predicted molar refractivity (Wildman–Crippen MR) is 126 cm³/mol. The number of hydrogen-bond acceptors (Lipinski definition) is 5. The van der Waals surface area contributed by atoms with Crippen LogP contribution < -0.4 is 10.2 Å². The first-order valence-electron chi connectivity index (χ1n) is 11.1. The van der Waals surface area contributed by atoms with Gasteiger partial charge >= 0.3 is 0 Å². The number of benzene rings is 2. The van der Waals surface area contributed by atoms with Crippen molar-refractivity contribution >= 4 is 29.3 Å². The van der Waals surface area contributed by atoms with E-state index in [0.717, 1.165) is 35.4 Å². The highest BCUT2D eigenvalue weighted by atomic mass is 32.2. The fraction of sp³-hybridized carbons (Fsp3) is 0.375. The standard InChI is InChI=1S/C24H27N5OS/c30-22(25-20-11-9-19(10-12-20)18-7-3-1-4-8-18)17-31-24-27-26-23(29(24)21-13-14-21)28-15-5-2-6-16-28/h1,3-4,7-12,21H,2,5-6,13-17H2,(H,25,30). The number of aromatic nitrogens is 3.